The fourth-order valence-corrected chi connectivity index (χ4v) is 3.44. The minimum absolute atomic E-state index is 0.311. The van der Waals surface area contributed by atoms with E-state index in [1.54, 1.807) is 0 Å². The number of carbonyl (C=O) groups is 1. The van der Waals surface area contributed by atoms with Gasteiger partial charge < -0.3 is 10.0 Å². The van der Waals surface area contributed by atoms with Crippen LogP contribution < -0.4 is 4.90 Å². The first-order chi connectivity index (χ1) is 10.1. The second-order valence-electron chi connectivity index (χ2n) is 5.53. The van der Waals surface area contributed by atoms with Crippen molar-refractivity contribution in [2.45, 2.75) is 25.8 Å². The number of carboxylic acids is 1. The van der Waals surface area contributed by atoms with Crippen LogP contribution in [-0.4, -0.2) is 29.1 Å². The van der Waals surface area contributed by atoms with Gasteiger partial charge in [0.2, 0.25) is 0 Å². The standard InChI is InChI=1S/C16H18N2O2S/c1-10(11-8-9-11)18(2)16-17-13(14(21-16)15(19)20)12-6-4-3-5-7-12/h3-7,10-11H,8-9H2,1-2H3,(H,19,20). The predicted molar refractivity (Wildman–Crippen MR) is 85.1 cm³/mol. The van der Waals surface area contributed by atoms with Crippen molar-refractivity contribution in [1.82, 2.24) is 4.98 Å². The maximum absolute atomic E-state index is 11.5. The van der Waals surface area contributed by atoms with E-state index < -0.39 is 5.97 Å². The average molecular weight is 302 g/mol. The Balaban J connectivity index is 1.98. The Morgan fingerprint density at radius 1 is 1.38 bits per heavy atom. The lowest BCUT2D eigenvalue weighted by molar-refractivity contribution is 0.0702. The van der Waals surface area contributed by atoms with E-state index in [1.165, 1.54) is 24.2 Å². The Kier molecular flexibility index (Phi) is 3.68. The van der Waals surface area contributed by atoms with E-state index in [4.69, 9.17) is 0 Å². The van der Waals surface area contributed by atoms with Crippen LogP contribution >= 0.6 is 11.3 Å². The van der Waals surface area contributed by atoms with E-state index in [9.17, 15) is 9.90 Å². The summed E-state index contributed by atoms with van der Waals surface area (Å²) in [5.41, 5.74) is 1.42. The minimum Gasteiger partial charge on any atom is -0.477 e. The maximum atomic E-state index is 11.5. The first-order valence-electron chi connectivity index (χ1n) is 7.10. The van der Waals surface area contributed by atoms with Gasteiger partial charge in [-0.3, -0.25) is 0 Å². The highest BCUT2D eigenvalue weighted by molar-refractivity contribution is 7.17. The quantitative estimate of drug-likeness (QED) is 0.914. The molecule has 5 heteroatoms. The largest absolute Gasteiger partial charge is 0.477 e. The van der Waals surface area contributed by atoms with Gasteiger partial charge in [-0.05, 0) is 25.7 Å². The van der Waals surface area contributed by atoms with Gasteiger partial charge >= 0.3 is 5.97 Å². The molecule has 1 aromatic heterocycles. The monoisotopic (exact) mass is 302 g/mol. The lowest BCUT2D eigenvalue weighted by Gasteiger charge is -2.23. The smallest absolute Gasteiger partial charge is 0.348 e. The van der Waals surface area contributed by atoms with Crippen molar-refractivity contribution in [2.24, 2.45) is 5.92 Å². The number of thiazole rings is 1. The molecule has 0 radical (unpaired) electrons. The zero-order chi connectivity index (χ0) is 15.0. The van der Waals surface area contributed by atoms with Gasteiger partial charge in [-0.2, -0.15) is 0 Å². The second kappa shape index (κ2) is 5.48. The molecule has 0 amide bonds. The van der Waals surface area contributed by atoms with Crippen LogP contribution in [-0.2, 0) is 0 Å². The average Bonchev–Trinajstić information content (AvgIpc) is 3.24. The first kappa shape index (κ1) is 14.1. The first-order valence-corrected chi connectivity index (χ1v) is 7.92. The van der Waals surface area contributed by atoms with Crippen LogP contribution in [0.15, 0.2) is 30.3 Å². The molecular weight excluding hydrogens is 284 g/mol. The third kappa shape index (κ3) is 2.78. The topological polar surface area (TPSA) is 53.4 Å². The SMILES string of the molecule is CC(C1CC1)N(C)c1nc(-c2ccccc2)c(C(=O)O)s1. The Morgan fingerprint density at radius 2 is 2.05 bits per heavy atom. The van der Waals surface area contributed by atoms with Gasteiger partial charge in [0.05, 0.1) is 5.69 Å². The lowest BCUT2D eigenvalue weighted by atomic mass is 10.1. The molecule has 0 bridgehead atoms. The fraction of sp³-hybridized carbons (Fsp3) is 0.375. The summed E-state index contributed by atoms with van der Waals surface area (Å²) in [5.74, 6) is -0.197. The van der Waals surface area contributed by atoms with Gasteiger partial charge in [0.15, 0.2) is 5.13 Å². The molecule has 21 heavy (non-hydrogen) atoms. The normalized spacial score (nSPS) is 15.7. The van der Waals surface area contributed by atoms with Crippen LogP contribution in [0.3, 0.4) is 0 Å². The molecule has 2 aromatic rings. The summed E-state index contributed by atoms with van der Waals surface area (Å²) in [6.07, 6.45) is 2.52. The second-order valence-corrected chi connectivity index (χ2v) is 6.51. The van der Waals surface area contributed by atoms with E-state index in [-0.39, 0.29) is 0 Å². The van der Waals surface area contributed by atoms with Gasteiger partial charge in [-0.1, -0.05) is 41.7 Å². The molecule has 0 spiro atoms. The van der Waals surface area contributed by atoms with Gasteiger partial charge in [0, 0.05) is 18.7 Å². The lowest BCUT2D eigenvalue weighted by Crippen LogP contribution is -2.30. The van der Waals surface area contributed by atoms with Crippen LogP contribution in [0.1, 0.15) is 29.4 Å². The summed E-state index contributed by atoms with van der Waals surface area (Å²) in [4.78, 5) is 18.5. The third-order valence-corrected chi connectivity index (χ3v) is 5.21. The fourth-order valence-electron chi connectivity index (χ4n) is 2.47. The Bertz CT molecular complexity index is 650. The molecule has 1 aliphatic carbocycles. The van der Waals surface area contributed by atoms with Crippen LogP contribution in [0.5, 0.6) is 0 Å². The van der Waals surface area contributed by atoms with Crippen LogP contribution in [0.25, 0.3) is 11.3 Å². The van der Waals surface area contributed by atoms with Crippen molar-refractivity contribution >= 4 is 22.4 Å². The molecule has 4 nitrogen and oxygen atoms in total. The molecule has 0 aliphatic heterocycles. The van der Waals surface area contributed by atoms with Gasteiger partial charge in [-0.15, -0.1) is 0 Å². The number of aromatic carboxylic acids is 1. The molecule has 1 unspecified atom stereocenters. The third-order valence-electron chi connectivity index (χ3n) is 4.07. The minimum atomic E-state index is -0.912. The van der Waals surface area contributed by atoms with E-state index >= 15 is 0 Å². The summed E-state index contributed by atoms with van der Waals surface area (Å²) in [6, 6.07) is 9.91. The highest BCUT2D eigenvalue weighted by atomic mass is 32.1. The molecule has 0 saturated heterocycles. The van der Waals surface area contributed by atoms with E-state index in [0.29, 0.717) is 22.5 Å². The number of aromatic nitrogens is 1. The van der Waals surface area contributed by atoms with Crippen molar-refractivity contribution in [3.63, 3.8) is 0 Å². The molecule has 1 saturated carbocycles. The van der Waals surface area contributed by atoms with E-state index in [2.05, 4.69) is 16.8 Å². The molecule has 1 aliphatic rings. The van der Waals surface area contributed by atoms with Crippen LogP contribution in [0, 0.1) is 5.92 Å². The Labute approximate surface area is 128 Å². The molecule has 1 aromatic carbocycles. The van der Waals surface area contributed by atoms with Crippen LogP contribution in [0.4, 0.5) is 5.13 Å². The highest BCUT2D eigenvalue weighted by Gasteiger charge is 2.32. The van der Waals surface area contributed by atoms with Crippen LogP contribution in [0.2, 0.25) is 0 Å². The molecule has 1 atom stereocenters. The number of anilines is 1. The molecule has 1 fully saturated rings. The maximum Gasteiger partial charge on any atom is 0.348 e. The number of carboxylic acid groups (broad SMARTS) is 1. The summed E-state index contributed by atoms with van der Waals surface area (Å²) < 4.78 is 0. The molecule has 110 valence electrons. The number of benzene rings is 1. The Hall–Kier alpha value is -1.88. The zero-order valence-corrected chi connectivity index (χ0v) is 12.9. The summed E-state index contributed by atoms with van der Waals surface area (Å²) in [5, 5.41) is 10.2. The van der Waals surface area contributed by atoms with Gasteiger partial charge in [0.25, 0.3) is 0 Å². The number of hydrogen-bond acceptors (Lipinski definition) is 4. The predicted octanol–water partition coefficient (Wildman–Crippen LogP) is 3.74. The zero-order valence-electron chi connectivity index (χ0n) is 12.1. The summed E-state index contributed by atoms with van der Waals surface area (Å²) in [7, 11) is 2.00. The van der Waals surface area contributed by atoms with Gasteiger partial charge in [0.1, 0.15) is 4.88 Å². The molecule has 1 heterocycles. The van der Waals surface area contributed by atoms with Gasteiger partial charge in [-0.25, -0.2) is 9.78 Å². The van der Waals surface area contributed by atoms with Crippen molar-refractivity contribution in [3.05, 3.63) is 35.2 Å². The Morgan fingerprint density at radius 3 is 2.62 bits per heavy atom. The number of hydrogen-bond donors (Lipinski definition) is 1. The van der Waals surface area contributed by atoms with Crippen molar-refractivity contribution < 1.29 is 9.90 Å². The summed E-state index contributed by atoms with van der Waals surface area (Å²) >= 11 is 1.26. The number of nitrogens with zero attached hydrogens (tertiary/aromatic N) is 2. The summed E-state index contributed by atoms with van der Waals surface area (Å²) in [6.45, 7) is 2.18. The van der Waals surface area contributed by atoms with Crippen molar-refractivity contribution in [1.29, 1.82) is 0 Å². The van der Waals surface area contributed by atoms with Crippen molar-refractivity contribution in [2.75, 3.05) is 11.9 Å². The van der Waals surface area contributed by atoms with E-state index in [1.807, 2.05) is 37.4 Å². The molecular formula is C16H18N2O2S. The molecule has 3 rings (SSSR count). The van der Waals surface area contributed by atoms with Crippen molar-refractivity contribution in [3.8, 4) is 11.3 Å². The van der Waals surface area contributed by atoms with E-state index in [0.717, 1.165) is 10.7 Å². The number of rotatable bonds is 5. The highest BCUT2D eigenvalue weighted by Crippen LogP contribution is 2.39. The molecule has 1 N–H and O–H groups in total.